The van der Waals surface area contributed by atoms with Crippen LogP contribution in [0.3, 0.4) is 0 Å². The molecule has 0 aliphatic heterocycles. The summed E-state index contributed by atoms with van der Waals surface area (Å²) in [5.74, 6) is 5.65. The number of pyridine rings is 1. The van der Waals surface area contributed by atoms with Gasteiger partial charge in [-0.2, -0.15) is 0 Å². The third-order valence-electron chi connectivity index (χ3n) is 3.14. The van der Waals surface area contributed by atoms with Crippen molar-refractivity contribution in [2.24, 2.45) is 5.84 Å². The van der Waals surface area contributed by atoms with Crippen LogP contribution in [0.2, 0.25) is 10.0 Å². The minimum absolute atomic E-state index is 0.260. The maximum atomic E-state index is 6.18. The van der Waals surface area contributed by atoms with Crippen molar-refractivity contribution in [3.8, 4) is 0 Å². The highest BCUT2D eigenvalue weighted by Crippen LogP contribution is 2.28. The predicted octanol–water partition coefficient (Wildman–Crippen LogP) is 3.56. The summed E-state index contributed by atoms with van der Waals surface area (Å²) in [7, 11) is 0. The van der Waals surface area contributed by atoms with Crippen LogP contribution in [-0.2, 0) is 0 Å². The lowest BCUT2D eigenvalue weighted by molar-refractivity contribution is 0.620. The molecule has 0 aliphatic carbocycles. The molecule has 1 heterocycles. The molecule has 2 rings (SSSR count). The van der Waals surface area contributed by atoms with E-state index in [0.717, 1.165) is 5.56 Å². The molecule has 100 valence electrons. The minimum Gasteiger partial charge on any atom is -0.271 e. The highest BCUT2D eigenvalue weighted by molar-refractivity contribution is 6.34. The Hall–Kier alpha value is -1.13. The fourth-order valence-electron chi connectivity index (χ4n) is 1.91. The molecule has 0 saturated carbocycles. The lowest BCUT2D eigenvalue weighted by Gasteiger charge is -2.18. The summed E-state index contributed by atoms with van der Waals surface area (Å²) in [5, 5.41) is 0.998. The molecular weight excluding hydrogens is 281 g/mol. The summed E-state index contributed by atoms with van der Waals surface area (Å²) in [6, 6.07) is 7.55. The van der Waals surface area contributed by atoms with Gasteiger partial charge >= 0.3 is 0 Å². The molecule has 0 spiro atoms. The van der Waals surface area contributed by atoms with Crippen LogP contribution < -0.4 is 11.3 Å². The lowest BCUT2D eigenvalue weighted by Crippen LogP contribution is -2.29. The fourth-order valence-corrected chi connectivity index (χ4v) is 2.40. The molecule has 1 unspecified atom stereocenters. The van der Waals surface area contributed by atoms with Gasteiger partial charge in [-0.1, -0.05) is 41.4 Å². The van der Waals surface area contributed by atoms with Crippen LogP contribution in [0, 0.1) is 13.8 Å². The number of rotatable bonds is 3. The zero-order chi connectivity index (χ0) is 14.0. The highest BCUT2D eigenvalue weighted by atomic mass is 35.5. The molecule has 0 fully saturated rings. The Morgan fingerprint density at radius 1 is 1.16 bits per heavy atom. The van der Waals surface area contributed by atoms with Crippen molar-refractivity contribution >= 4 is 23.2 Å². The first kappa shape index (κ1) is 14.3. The maximum Gasteiger partial charge on any atom is 0.0896 e. The standard InChI is InChI=1S/C14H15Cl2N3/c1-8-3-4-10(5-9(8)2)13(19-17)14-12(16)6-11(15)7-18-14/h3-7,13,19H,17H2,1-2H3. The molecule has 0 radical (unpaired) electrons. The molecule has 1 aromatic heterocycles. The second-order valence-electron chi connectivity index (χ2n) is 4.46. The molecule has 1 aromatic carbocycles. The van der Waals surface area contributed by atoms with E-state index >= 15 is 0 Å². The number of halogens is 2. The average Bonchev–Trinajstić information content (AvgIpc) is 2.37. The van der Waals surface area contributed by atoms with E-state index in [1.54, 1.807) is 12.3 Å². The van der Waals surface area contributed by atoms with E-state index in [4.69, 9.17) is 29.0 Å². The number of hydrogen-bond acceptors (Lipinski definition) is 3. The van der Waals surface area contributed by atoms with Crippen molar-refractivity contribution in [2.45, 2.75) is 19.9 Å². The van der Waals surface area contributed by atoms with Crippen molar-refractivity contribution in [3.63, 3.8) is 0 Å². The summed E-state index contributed by atoms with van der Waals surface area (Å²) in [4.78, 5) is 4.27. The molecule has 0 amide bonds. The van der Waals surface area contributed by atoms with E-state index in [1.807, 2.05) is 6.07 Å². The fraction of sp³-hybridized carbons (Fsp3) is 0.214. The van der Waals surface area contributed by atoms with Crippen LogP contribution in [0.1, 0.15) is 28.4 Å². The normalized spacial score (nSPS) is 12.5. The lowest BCUT2D eigenvalue weighted by atomic mass is 9.99. The molecule has 5 heteroatoms. The number of nitrogens with one attached hydrogen (secondary N) is 1. The summed E-state index contributed by atoms with van der Waals surface area (Å²) < 4.78 is 0. The molecule has 2 aromatic rings. The minimum atomic E-state index is -0.260. The van der Waals surface area contributed by atoms with Gasteiger partial charge in [0.05, 0.1) is 21.8 Å². The average molecular weight is 296 g/mol. The van der Waals surface area contributed by atoms with Crippen molar-refractivity contribution in [1.82, 2.24) is 10.4 Å². The summed E-state index contributed by atoms with van der Waals surface area (Å²) >= 11 is 12.0. The Balaban J connectivity index is 2.46. The third kappa shape index (κ3) is 3.07. The van der Waals surface area contributed by atoms with Gasteiger partial charge in [0.1, 0.15) is 0 Å². The van der Waals surface area contributed by atoms with Gasteiger partial charge in [0.25, 0.3) is 0 Å². The molecule has 3 nitrogen and oxygen atoms in total. The van der Waals surface area contributed by atoms with Gasteiger partial charge in [0.15, 0.2) is 0 Å². The summed E-state index contributed by atoms with van der Waals surface area (Å²) in [6.45, 7) is 4.13. The van der Waals surface area contributed by atoms with Gasteiger partial charge in [0.2, 0.25) is 0 Å². The Bertz CT molecular complexity index is 599. The van der Waals surface area contributed by atoms with Gasteiger partial charge in [0, 0.05) is 6.20 Å². The van der Waals surface area contributed by atoms with Gasteiger partial charge in [-0.25, -0.2) is 5.43 Å². The van der Waals surface area contributed by atoms with Crippen LogP contribution in [-0.4, -0.2) is 4.98 Å². The third-order valence-corrected chi connectivity index (χ3v) is 3.65. The number of nitrogens with zero attached hydrogens (tertiary/aromatic N) is 1. The van der Waals surface area contributed by atoms with E-state index in [0.29, 0.717) is 15.7 Å². The Labute approximate surface area is 122 Å². The molecule has 19 heavy (non-hydrogen) atoms. The van der Waals surface area contributed by atoms with E-state index < -0.39 is 0 Å². The molecule has 3 N–H and O–H groups in total. The number of hydrazine groups is 1. The van der Waals surface area contributed by atoms with Crippen LogP contribution in [0.5, 0.6) is 0 Å². The Morgan fingerprint density at radius 3 is 2.47 bits per heavy atom. The molecule has 0 bridgehead atoms. The molecule has 0 aliphatic rings. The Kier molecular flexibility index (Phi) is 4.42. The van der Waals surface area contributed by atoms with Crippen molar-refractivity contribution in [3.05, 3.63) is 62.9 Å². The van der Waals surface area contributed by atoms with Crippen molar-refractivity contribution in [1.29, 1.82) is 0 Å². The van der Waals surface area contributed by atoms with E-state index in [1.165, 1.54) is 11.1 Å². The van der Waals surface area contributed by atoms with Gasteiger partial charge in [-0.15, -0.1) is 0 Å². The first-order valence-corrected chi connectivity index (χ1v) is 6.62. The highest BCUT2D eigenvalue weighted by Gasteiger charge is 2.17. The molecule has 0 saturated heterocycles. The first-order valence-electron chi connectivity index (χ1n) is 5.87. The predicted molar refractivity (Wildman–Crippen MR) is 79.3 cm³/mol. The monoisotopic (exact) mass is 295 g/mol. The topological polar surface area (TPSA) is 50.9 Å². The van der Waals surface area contributed by atoms with Gasteiger partial charge < -0.3 is 0 Å². The largest absolute Gasteiger partial charge is 0.271 e. The van der Waals surface area contributed by atoms with E-state index in [9.17, 15) is 0 Å². The van der Waals surface area contributed by atoms with Crippen LogP contribution in [0.25, 0.3) is 0 Å². The zero-order valence-corrected chi connectivity index (χ0v) is 12.3. The number of aromatic nitrogens is 1. The number of aryl methyl sites for hydroxylation is 2. The first-order chi connectivity index (χ1) is 9.02. The zero-order valence-electron chi connectivity index (χ0n) is 10.7. The van der Waals surface area contributed by atoms with Gasteiger partial charge in [-0.3, -0.25) is 10.8 Å². The number of nitrogens with two attached hydrogens (primary N) is 1. The second kappa shape index (κ2) is 5.88. The van der Waals surface area contributed by atoms with E-state index in [-0.39, 0.29) is 6.04 Å². The van der Waals surface area contributed by atoms with Gasteiger partial charge in [-0.05, 0) is 36.6 Å². The summed E-state index contributed by atoms with van der Waals surface area (Å²) in [6.07, 6.45) is 1.56. The summed E-state index contributed by atoms with van der Waals surface area (Å²) in [5.41, 5.74) is 6.86. The van der Waals surface area contributed by atoms with Crippen molar-refractivity contribution < 1.29 is 0 Å². The van der Waals surface area contributed by atoms with Crippen LogP contribution in [0.15, 0.2) is 30.5 Å². The van der Waals surface area contributed by atoms with Crippen molar-refractivity contribution in [2.75, 3.05) is 0 Å². The second-order valence-corrected chi connectivity index (χ2v) is 5.31. The molecular formula is C14H15Cl2N3. The number of benzene rings is 1. The SMILES string of the molecule is Cc1ccc(C(NN)c2ncc(Cl)cc2Cl)cc1C. The number of hydrogen-bond donors (Lipinski definition) is 2. The van der Waals surface area contributed by atoms with Crippen LogP contribution in [0.4, 0.5) is 0 Å². The quantitative estimate of drug-likeness (QED) is 0.672. The van der Waals surface area contributed by atoms with E-state index in [2.05, 4.69) is 36.4 Å². The smallest absolute Gasteiger partial charge is 0.0896 e. The molecule has 1 atom stereocenters. The Morgan fingerprint density at radius 2 is 1.89 bits per heavy atom. The maximum absolute atomic E-state index is 6.18. The van der Waals surface area contributed by atoms with Crippen LogP contribution >= 0.6 is 23.2 Å².